The van der Waals surface area contributed by atoms with Crippen LogP contribution in [0.4, 0.5) is 11.4 Å². The third-order valence-corrected chi connectivity index (χ3v) is 3.24. The van der Waals surface area contributed by atoms with Crippen LogP contribution in [0.2, 0.25) is 0 Å². The minimum Gasteiger partial charge on any atom is -0.352 e. The Balaban J connectivity index is 2.13. The average molecular weight is 327 g/mol. The smallest absolute Gasteiger partial charge is 0.270 e. The van der Waals surface area contributed by atoms with Crippen molar-refractivity contribution in [2.45, 2.75) is 13.3 Å². The van der Waals surface area contributed by atoms with Crippen LogP contribution >= 0.6 is 0 Å². The van der Waals surface area contributed by atoms with Gasteiger partial charge in [-0.3, -0.25) is 19.7 Å². The number of nitrogens with one attached hydrogen (secondary N) is 2. The van der Waals surface area contributed by atoms with Gasteiger partial charge in [-0.1, -0.05) is 19.1 Å². The Morgan fingerprint density at radius 2 is 1.71 bits per heavy atom. The first-order valence-corrected chi connectivity index (χ1v) is 7.45. The van der Waals surface area contributed by atoms with E-state index >= 15 is 0 Å². The summed E-state index contributed by atoms with van der Waals surface area (Å²) >= 11 is 0. The zero-order valence-electron chi connectivity index (χ0n) is 13.1. The van der Waals surface area contributed by atoms with Crippen molar-refractivity contribution < 1.29 is 14.5 Å². The summed E-state index contributed by atoms with van der Waals surface area (Å²) in [6.07, 6.45) is 0.828. The largest absolute Gasteiger partial charge is 0.352 e. The lowest BCUT2D eigenvalue weighted by molar-refractivity contribution is -0.384. The predicted molar refractivity (Wildman–Crippen MR) is 90.1 cm³/mol. The minimum absolute atomic E-state index is 0.157. The van der Waals surface area contributed by atoms with Gasteiger partial charge in [-0.05, 0) is 30.7 Å². The molecule has 0 aromatic heterocycles. The number of hydrogen-bond donors (Lipinski definition) is 2. The molecule has 0 unspecified atom stereocenters. The van der Waals surface area contributed by atoms with E-state index in [4.69, 9.17) is 0 Å². The Hall–Kier alpha value is -3.22. The Bertz CT molecular complexity index is 774. The van der Waals surface area contributed by atoms with Crippen LogP contribution in [0.1, 0.15) is 34.1 Å². The molecule has 124 valence electrons. The van der Waals surface area contributed by atoms with Gasteiger partial charge in [-0.15, -0.1) is 0 Å². The molecule has 7 nitrogen and oxygen atoms in total. The molecular weight excluding hydrogens is 310 g/mol. The molecule has 0 atom stereocenters. The number of nitro groups is 1. The van der Waals surface area contributed by atoms with Crippen molar-refractivity contribution in [3.05, 3.63) is 69.8 Å². The van der Waals surface area contributed by atoms with Gasteiger partial charge >= 0.3 is 0 Å². The summed E-state index contributed by atoms with van der Waals surface area (Å²) in [4.78, 5) is 34.3. The van der Waals surface area contributed by atoms with Crippen LogP contribution in [0.3, 0.4) is 0 Å². The van der Waals surface area contributed by atoms with Crippen molar-refractivity contribution in [1.29, 1.82) is 0 Å². The standard InChI is InChI=1S/C17H17N3O4/c1-2-9-18-16(21)12-5-3-7-14(10-12)19-17(22)13-6-4-8-15(11-13)20(23)24/h3-8,10-11H,2,9H2,1H3,(H,18,21)(H,19,22). The first-order valence-electron chi connectivity index (χ1n) is 7.45. The van der Waals surface area contributed by atoms with Gasteiger partial charge in [0.2, 0.25) is 0 Å². The molecule has 0 spiro atoms. The first-order chi connectivity index (χ1) is 11.5. The van der Waals surface area contributed by atoms with E-state index in [1.165, 1.54) is 24.3 Å². The highest BCUT2D eigenvalue weighted by molar-refractivity contribution is 6.05. The summed E-state index contributed by atoms with van der Waals surface area (Å²) in [5.41, 5.74) is 0.885. The van der Waals surface area contributed by atoms with Crippen molar-refractivity contribution in [3.8, 4) is 0 Å². The molecule has 2 aromatic carbocycles. The normalized spacial score (nSPS) is 10.0. The van der Waals surface area contributed by atoms with Crippen molar-refractivity contribution in [1.82, 2.24) is 5.32 Å². The fraction of sp³-hybridized carbons (Fsp3) is 0.176. The Kier molecular flexibility index (Phi) is 5.62. The number of nitrogens with zero attached hydrogens (tertiary/aromatic N) is 1. The van der Waals surface area contributed by atoms with Gasteiger partial charge in [0, 0.05) is 35.5 Å². The van der Waals surface area contributed by atoms with Crippen LogP contribution in [0, 0.1) is 10.1 Å². The maximum Gasteiger partial charge on any atom is 0.270 e. The highest BCUT2D eigenvalue weighted by Gasteiger charge is 2.12. The van der Waals surface area contributed by atoms with Crippen molar-refractivity contribution >= 4 is 23.2 Å². The number of amides is 2. The summed E-state index contributed by atoms with van der Waals surface area (Å²) in [5, 5.41) is 16.2. The lowest BCUT2D eigenvalue weighted by Gasteiger charge is -2.08. The van der Waals surface area contributed by atoms with E-state index in [1.807, 2.05) is 6.92 Å². The molecule has 0 aliphatic rings. The van der Waals surface area contributed by atoms with Gasteiger partial charge < -0.3 is 10.6 Å². The quantitative estimate of drug-likeness (QED) is 0.629. The maximum atomic E-state index is 12.2. The van der Waals surface area contributed by atoms with E-state index in [1.54, 1.807) is 24.3 Å². The Morgan fingerprint density at radius 3 is 2.38 bits per heavy atom. The topological polar surface area (TPSA) is 101 Å². The Morgan fingerprint density at radius 1 is 1.04 bits per heavy atom. The van der Waals surface area contributed by atoms with Gasteiger partial charge in [0.1, 0.15) is 0 Å². The second kappa shape index (κ2) is 7.87. The number of carbonyl (C=O) groups is 2. The van der Waals surface area contributed by atoms with E-state index in [2.05, 4.69) is 10.6 Å². The van der Waals surface area contributed by atoms with Crippen molar-refractivity contribution in [2.24, 2.45) is 0 Å². The van der Waals surface area contributed by atoms with Crippen LogP contribution in [0.15, 0.2) is 48.5 Å². The second-order valence-corrected chi connectivity index (χ2v) is 5.10. The second-order valence-electron chi connectivity index (χ2n) is 5.10. The maximum absolute atomic E-state index is 12.2. The average Bonchev–Trinajstić information content (AvgIpc) is 2.60. The van der Waals surface area contributed by atoms with Gasteiger partial charge in [0.15, 0.2) is 0 Å². The van der Waals surface area contributed by atoms with Gasteiger partial charge in [-0.2, -0.15) is 0 Å². The number of hydrogen-bond acceptors (Lipinski definition) is 4. The molecular formula is C17H17N3O4. The first kappa shape index (κ1) is 17.1. The molecule has 2 rings (SSSR count). The Labute approximate surface area is 138 Å². The molecule has 2 aromatic rings. The highest BCUT2D eigenvalue weighted by atomic mass is 16.6. The van der Waals surface area contributed by atoms with Crippen LogP contribution in [0.25, 0.3) is 0 Å². The summed E-state index contributed by atoms with van der Waals surface area (Å²) in [6.45, 7) is 2.53. The van der Waals surface area contributed by atoms with E-state index in [0.29, 0.717) is 17.8 Å². The fourth-order valence-corrected chi connectivity index (χ4v) is 2.04. The molecule has 0 bridgehead atoms. The number of benzene rings is 2. The third-order valence-electron chi connectivity index (χ3n) is 3.24. The zero-order valence-corrected chi connectivity index (χ0v) is 13.1. The fourth-order valence-electron chi connectivity index (χ4n) is 2.04. The zero-order chi connectivity index (χ0) is 17.5. The molecule has 2 N–H and O–H groups in total. The van der Waals surface area contributed by atoms with Crippen LogP contribution in [-0.2, 0) is 0 Å². The van der Waals surface area contributed by atoms with Crippen LogP contribution in [-0.4, -0.2) is 23.3 Å². The van der Waals surface area contributed by atoms with Crippen LogP contribution in [0.5, 0.6) is 0 Å². The number of rotatable bonds is 6. The predicted octanol–water partition coefficient (Wildman–Crippen LogP) is 2.99. The number of non-ortho nitro benzene ring substituents is 1. The van der Waals surface area contributed by atoms with E-state index in [9.17, 15) is 19.7 Å². The summed E-state index contributed by atoms with van der Waals surface area (Å²) in [5.74, 6) is -0.701. The summed E-state index contributed by atoms with van der Waals surface area (Å²) < 4.78 is 0. The SMILES string of the molecule is CCCNC(=O)c1cccc(NC(=O)c2cccc([N+](=O)[O-])c2)c1. The molecule has 0 saturated carbocycles. The highest BCUT2D eigenvalue weighted by Crippen LogP contribution is 2.16. The number of carbonyl (C=O) groups excluding carboxylic acids is 2. The number of nitro benzene ring substituents is 1. The van der Waals surface area contributed by atoms with E-state index in [-0.39, 0.29) is 17.2 Å². The minimum atomic E-state index is -0.560. The number of anilines is 1. The van der Waals surface area contributed by atoms with Gasteiger partial charge in [0.05, 0.1) is 4.92 Å². The van der Waals surface area contributed by atoms with Gasteiger partial charge in [0.25, 0.3) is 17.5 Å². The van der Waals surface area contributed by atoms with Crippen molar-refractivity contribution in [2.75, 3.05) is 11.9 Å². The molecule has 0 saturated heterocycles. The summed E-state index contributed by atoms with van der Waals surface area (Å²) in [6, 6.07) is 12.0. The molecule has 7 heteroatoms. The molecule has 24 heavy (non-hydrogen) atoms. The molecule has 0 aliphatic heterocycles. The monoisotopic (exact) mass is 327 g/mol. The lowest BCUT2D eigenvalue weighted by Crippen LogP contribution is -2.24. The van der Waals surface area contributed by atoms with Gasteiger partial charge in [-0.25, -0.2) is 0 Å². The van der Waals surface area contributed by atoms with Crippen molar-refractivity contribution in [3.63, 3.8) is 0 Å². The lowest BCUT2D eigenvalue weighted by atomic mass is 10.1. The van der Waals surface area contributed by atoms with E-state index < -0.39 is 10.8 Å². The summed E-state index contributed by atoms with van der Waals surface area (Å²) in [7, 11) is 0. The molecule has 0 radical (unpaired) electrons. The molecule has 0 heterocycles. The molecule has 0 fully saturated rings. The third kappa shape index (κ3) is 4.39. The molecule has 2 amide bonds. The van der Waals surface area contributed by atoms with Crippen LogP contribution < -0.4 is 10.6 Å². The van der Waals surface area contributed by atoms with E-state index in [0.717, 1.165) is 6.42 Å². The molecule has 0 aliphatic carbocycles.